The fourth-order valence-electron chi connectivity index (χ4n) is 3.52. The molecule has 0 amide bonds. The number of nitrogens with one attached hydrogen (secondary N) is 1. The molecule has 1 N–H and O–H groups in total. The van der Waals surface area contributed by atoms with Gasteiger partial charge in [-0.05, 0) is 42.7 Å². The topological polar surface area (TPSA) is 41.1 Å². The Bertz CT molecular complexity index is 704. The first-order chi connectivity index (χ1) is 12.0. The molecule has 0 unspecified atom stereocenters. The highest BCUT2D eigenvalue weighted by molar-refractivity contribution is 5.66. The Balaban J connectivity index is 1.99. The van der Waals surface area contributed by atoms with Crippen molar-refractivity contribution in [1.82, 2.24) is 9.97 Å². The van der Waals surface area contributed by atoms with Gasteiger partial charge in [0.05, 0.1) is 0 Å². The van der Waals surface area contributed by atoms with Gasteiger partial charge in [0, 0.05) is 30.5 Å². The molecule has 25 heavy (non-hydrogen) atoms. The van der Waals surface area contributed by atoms with Gasteiger partial charge >= 0.3 is 0 Å². The predicted molar refractivity (Wildman–Crippen MR) is 106 cm³/mol. The van der Waals surface area contributed by atoms with Crippen LogP contribution < -0.4 is 10.2 Å². The van der Waals surface area contributed by atoms with E-state index in [9.17, 15) is 0 Å². The standard InChI is InChI=1S/C21H30N4/c1-14(2)17-9-8-10-18(15(3)4)20(17)24-21-22-16(5)13-19(23-21)25-11-6-7-12-25/h8-10,13-15H,6-7,11-12H2,1-5H3,(H,22,23,24). The van der Waals surface area contributed by atoms with Crippen LogP contribution in [0.15, 0.2) is 24.3 Å². The highest BCUT2D eigenvalue weighted by Gasteiger charge is 2.18. The van der Waals surface area contributed by atoms with Crippen molar-refractivity contribution < 1.29 is 0 Å². The van der Waals surface area contributed by atoms with E-state index in [1.807, 2.05) is 6.92 Å². The third-order valence-electron chi connectivity index (χ3n) is 4.88. The molecule has 0 saturated carbocycles. The highest BCUT2D eigenvalue weighted by Crippen LogP contribution is 2.34. The Morgan fingerprint density at radius 2 is 1.56 bits per heavy atom. The summed E-state index contributed by atoms with van der Waals surface area (Å²) < 4.78 is 0. The molecule has 0 spiro atoms. The molecular weight excluding hydrogens is 308 g/mol. The summed E-state index contributed by atoms with van der Waals surface area (Å²) in [4.78, 5) is 11.8. The summed E-state index contributed by atoms with van der Waals surface area (Å²) in [6.07, 6.45) is 2.50. The maximum absolute atomic E-state index is 4.82. The third-order valence-corrected chi connectivity index (χ3v) is 4.88. The van der Waals surface area contributed by atoms with Crippen molar-refractivity contribution in [2.45, 2.75) is 59.3 Å². The fourth-order valence-corrected chi connectivity index (χ4v) is 3.52. The second-order valence-electron chi connectivity index (χ2n) is 7.63. The SMILES string of the molecule is Cc1cc(N2CCCC2)nc(Nc2c(C(C)C)cccc2C(C)C)n1. The molecular formula is C21H30N4. The van der Waals surface area contributed by atoms with Gasteiger partial charge in [0.1, 0.15) is 5.82 Å². The molecule has 3 rings (SSSR count). The van der Waals surface area contributed by atoms with E-state index in [2.05, 4.69) is 67.2 Å². The van der Waals surface area contributed by atoms with Crippen molar-refractivity contribution in [3.05, 3.63) is 41.1 Å². The molecule has 134 valence electrons. The van der Waals surface area contributed by atoms with Gasteiger partial charge in [-0.2, -0.15) is 4.98 Å². The molecule has 2 aromatic rings. The minimum absolute atomic E-state index is 0.448. The lowest BCUT2D eigenvalue weighted by Gasteiger charge is -2.22. The van der Waals surface area contributed by atoms with E-state index in [4.69, 9.17) is 4.98 Å². The number of rotatable bonds is 5. The van der Waals surface area contributed by atoms with Crippen LogP contribution in [0.4, 0.5) is 17.5 Å². The van der Waals surface area contributed by atoms with Crippen LogP contribution in [0.5, 0.6) is 0 Å². The summed E-state index contributed by atoms with van der Waals surface area (Å²) in [5.74, 6) is 2.64. The maximum Gasteiger partial charge on any atom is 0.229 e. The lowest BCUT2D eigenvalue weighted by atomic mass is 9.93. The van der Waals surface area contributed by atoms with Crippen LogP contribution >= 0.6 is 0 Å². The third kappa shape index (κ3) is 3.94. The normalized spacial score (nSPS) is 14.6. The number of nitrogens with zero attached hydrogens (tertiary/aromatic N) is 3. The van der Waals surface area contributed by atoms with Crippen LogP contribution in [-0.4, -0.2) is 23.1 Å². The zero-order valence-electron chi connectivity index (χ0n) is 16.1. The molecule has 4 nitrogen and oxygen atoms in total. The molecule has 0 aliphatic carbocycles. The Hall–Kier alpha value is -2.10. The summed E-state index contributed by atoms with van der Waals surface area (Å²) >= 11 is 0. The first-order valence-corrected chi connectivity index (χ1v) is 9.46. The Labute approximate surface area is 151 Å². The summed E-state index contributed by atoms with van der Waals surface area (Å²) in [5, 5.41) is 3.56. The molecule has 1 saturated heterocycles. The van der Waals surface area contributed by atoms with Gasteiger partial charge in [0.25, 0.3) is 0 Å². The van der Waals surface area contributed by atoms with Crippen LogP contribution in [0, 0.1) is 6.92 Å². The van der Waals surface area contributed by atoms with Crippen LogP contribution in [0.3, 0.4) is 0 Å². The first kappa shape index (κ1) is 17.7. The van der Waals surface area contributed by atoms with E-state index in [-0.39, 0.29) is 0 Å². The average molecular weight is 338 g/mol. The largest absolute Gasteiger partial charge is 0.356 e. The van der Waals surface area contributed by atoms with E-state index >= 15 is 0 Å². The molecule has 0 radical (unpaired) electrons. The van der Waals surface area contributed by atoms with Crippen LogP contribution in [0.2, 0.25) is 0 Å². The van der Waals surface area contributed by atoms with Crippen molar-refractivity contribution in [2.24, 2.45) is 0 Å². The van der Waals surface area contributed by atoms with Gasteiger partial charge in [-0.15, -0.1) is 0 Å². The van der Waals surface area contributed by atoms with Crippen molar-refractivity contribution in [1.29, 1.82) is 0 Å². The van der Waals surface area contributed by atoms with Crippen molar-refractivity contribution in [3.63, 3.8) is 0 Å². The molecule has 1 fully saturated rings. The van der Waals surface area contributed by atoms with Crippen molar-refractivity contribution in [3.8, 4) is 0 Å². The van der Waals surface area contributed by atoms with Crippen molar-refractivity contribution in [2.75, 3.05) is 23.3 Å². The second kappa shape index (κ2) is 7.42. The smallest absolute Gasteiger partial charge is 0.229 e. The van der Waals surface area contributed by atoms with Gasteiger partial charge in [-0.1, -0.05) is 45.9 Å². The van der Waals surface area contributed by atoms with Crippen LogP contribution in [0.1, 0.15) is 69.2 Å². The van der Waals surface area contributed by atoms with E-state index in [1.165, 1.54) is 29.7 Å². The van der Waals surface area contributed by atoms with E-state index < -0.39 is 0 Å². The van der Waals surface area contributed by atoms with Gasteiger partial charge in [-0.3, -0.25) is 0 Å². The number of aryl methyl sites for hydroxylation is 1. The Morgan fingerprint density at radius 1 is 0.960 bits per heavy atom. The number of anilines is 3. The average Bonchev–Trinajstić information content (AvgIpc) is 3.08. The van der Waals surface area contributed by atoms with Gasteiger partial charge in [0.15, 0.2) is 0 Å². The molecule has 1 aromatic carbocycles. The maximum atomic E-state index is 4.82. The second-order valence-corrected chi connectivity index (χ2v) is 7.63. The fraction of sp³-hybridized carbons (Fsp3) is 0.524. The number of hydrogen-bond acceptors (Lipinski definition) is 4. The summed E-state index contributed by atoms with van der Waals surface area (Å²) in [6, 6.07) is 8.66. The van der Waals surface area contributed by atoms with E-state index in [0.717, 1.165) is 24.6 Å². The monoisotopic (exact) mass is 338 g/mol. The Morgan fingerprint density at radius 3 is 2.12 bits per heavy atom. The number of aromatic nitrogens is 2. The molecule has 1 aliphatic rings. The van der Waals surface area contributed by atoms with Crippen molar-refractivity contribution >= 4 is 17.5 Å². The summed E-state index contributed by atoms with van der Waals surface area (Å²) in [7, 11) is 0. The molecule has 2 heterocycles. The number of benzene rings is 1. The predicted octanol–water partition coefficient (Wildman–Crippen LogP) is 5.38. The highest BCUT2D eigenvalue weighted by atomic mass is 15.2. The molecule has 1 aliphatic heterocycles. The molecule has 0 bridgehead atoms. The van der Waals surface area contributed by atoms with Gasteiger partial charge < -0.3 is 10.2 Å². The van der Waals surface area contributed by atoms with Gasteiger partial charge in [0.2, 0.25) is 5.95 Å². The Kier molecular flexibility index (Phi) is 5.26. The minimum Gasteiger partial charge on any atom is -0.356 e. The summed E-state index contributed by atoms with van der Waals surface area (Å²) in [5.41, 5.74) is 4.82. The first-order valence-electron chi connectivity index (χ1n) is 9.46. The summed E-state index contributed by atoms with van der Waals surface area (Å²) in [6.45, 7) is 13.2. The minimum atomic E-state index is 0.448. The van der Waals surface area contributed by atoms with E-state index in [0.29, 0.717) is 17.8 Å². The number of hydrogen-bond donors (Lipinski definition) is 1. The number of para-hydroxylation sites is 1. The zero-order chi connectivity index (χ0) is 18.0. The lowest BCUT2D eigenvalue weighted by molar-refractivity contribution is 0.836. The zero-order valence-corrected chi connectivity index (χ0v) is 16.1. The van der Waals surface area contributed by atoms with Crippen LogP contribution in [-0.2, 0) is 0 Å². The lowest BCUT2D eigenvalue weighted by Crippen LogP contribution is -2.20. The molecule has 1 aromatic heterocycles. The van der Waals surface area contributed by atoms with Crippen LogP contribution in [0.25, 0.3) is 0 Å². The molecule has 4 heteroatoms. The quantitative estimate of drug-likeness (QED) is 0.795. The van der Waals surface area contributed by atoms with E-state index in [1.54, 1.807) is 0 Å². The van der Waals surface area contributed by atoms with Gasteiger partial charge in [-0.25, -0.2) is 4.98 Å². The molecule has 0 atom stereocenters.